The maximum absolute atomic E-state index is 5.32. The van der Waals surface area contributed by atoms with Crippen LogP contribution in [0.4, 0.5) is 0 Å². The zero-order valence-electron chi connectivity index (χ0n) is 11.5. The summed E-state index contributed by atoms with van der Waals surface area (Å²) >= 11 is 0. The second-order valence-corrected chi connectivity index (χ2v) is 4.19. The molecule has 0 aromatic carbocycles. The molecule has 0 spiro atoms. The number of unbranched alkanes of at least 4 members (excludes halogenated alkanes) is 3. The highest BCUT2D eigenvalue weighted by Gasteiger charge is 1.97. The van der Waals surface area contributed by atoms with Gasteiger partial charge >= 0.3 is 0 Å². The molecule has 0 fully saturated rings. The number of hydrogen-bond donors (Lipinski definition) is 0. The molecule has 0 unspecified atom stereocenters. The maximum Gasteiger partial charge on any atom is 0.106 e. The summed E-state index contributed by atoms with van der Waals surface area (Å²) in [6.45, 7) is 16.0. The van der Waals surface area contributed by atoms with Crippen LogP contribution in [0.3, 0.4) is 0 Å². The average Bonchev–Trinajstić information content (AvgIpc) is 2.37. The monoisotopic (exact) mass is 250 g/mol. The van der Waals surface area contributed by atoms with Crippen molar-refractivity contribution in [2.45, 2.75) is 38.5 Å². The summed E-state index contributed by atoms with van der Waals surface area (Å²) in [5, 5.41) is 0. The lowest BCUT2D eigenvalue weighted by molar-refractivity contribution is 0.232. The minimum atomic E-state index is 0.555. The van der Waals surface area contributed by atoms with Crippen molar-refractivity contribution in [3.8, 4) is 0 Å². The molecule has 0 amide bonds. The van der Waals surface area contributed by atoms with Gasteiger partial charge in [0.1, 0.15) is 13.2 Å². The van der Waals surface area contributed by atoms with Gasteiger partial charge in [-0.15, -0.1) is 0 Å². The van der Waals surface area contributed by atoms with Gasteiger partial charge in [0.25, 0.3) is 0 Å². The topological polar surface area (TPSA) is 18.5 Å². The predicted molar refractivity (Wildman–Crippen MR) is 78.3 cm³/mol. The first-order chi connectivity index (χ1) is 8.70. The van der Waals surface area contributed by atoms with E-state index in [-0.39, 0.29) is 0 Å². The molecule has 0 aliphatic heterocycles. The van der Waals surface area contributed by atoms with Crippen LogP contribution in [-0.2, 0) is 9.47 Å². The van der Waals surface area contributed by atoms with Crippen LogP contribution >= 0.6 is 0 Å². The van der Waals surface area contributed by atoms with Gasteiger partial charge in [-0.05, 0) is 12.8 Å². The van der Waals surface area contributed by atoms with Crippen molar-refractivity contribution in [1.29, 1.82) is 0 Å². The SMILES string of the molecule is C=CCOC(=C)CCCCCCC(=C)OCC=C. The lowest BCUT2D eigenvalue weighted by atomic mass is 10.1. The van der Waals surface area contributed by atoms with Crippen LogP contribution in [-0.4, -0.2) is 13.2 Å². The van der Waals surface area contributed by atoms with Crippen molar-refractivity contribution >= 4 is 0 Å². The zero-order chi connectivity index (χ0) is 13.6. The highest BCUT2D eigenvalue weighted by Crippen LogP contribution is 2.13. The van der Waals surface area contributed by atoms with Crippen LogP contribution in [0.1, 0.15) is 38.5 Å². The molecule has 2 nitrogen and oxygen atoms in total. The van der Waals surface area contributed by atoms with Crippen LogP contribution in [0.25, 0.3) is 0 Å². The van der Waals surface area contributed by atoms with Gasteiger partial charge in [0.2, 0.25) is 0 Å². The molecule has 0 rings (SSSR count). The van der Waals surface area contributed by atoms with Gasteiger partial charge in [-0.25, -0.2) is 0 Å². The minimum Gasteiger partial charge on any atom is -0.495 e. The summed E-state index contributed by atoms with van der Waals surface area (Å²) in [6.07, 6.45) is 9.95. The van der Waals surface area contributed by atoms with E-state index in [1.54, 1.807) is 12.2 Å². The largest absolute Gasteiger partial charge is 0.495 e. The smallest absolute Gasteiger partial charge is 0.106 e. The van der Waals surface area contributed by atoms with E-state index in [0.29, 0.717) is 13.2 Å². The molecule has 0 N–H and O–H groups in total. The van der Waals surface area contributed by atoms with Crippen molar-refractivity contribution < 1.29 is 9.47 Å². The molecule has 0 aromatic heterocycles. The van der Waals surface area contributed by atoms with Crippen LogP contribution < -0.4 is 0 Å². The Morgan fingerprint density at radius 2 is 1.11 bits per heavy atom. The van der Waals surface area contributed by atoms with E-state index < -0.39 is 0 Å². The van der Waals surface area contributed by atoms with Gasteiger partial charge in [-0.2, -0.15) is 0 Å². The van der Waals surface area contributed by atoms with Crippen molar-refractivity contribution in [2.24, 2.45) is 0 Å². The van der Waals surface area contributed by atoms with Gasteiger partial charge in [0.15, 0.2) is 0 Å². The molecule has 18 heavy (non-hydrogen) atoms. The van der Waals surface area contributed by atoms with E-state index >= 15 is 0 Å². The first-order valence-electron chi connectivity index (χ1n) is 6.53. The Hall–Kier alpha value is -1.44. The summed E-state index contributed by atoms with van der Waals surface area (Å²) in [4.78, 5) is 0. The van der Waals surface area contributed by atoms with Crippen LogP contribution in [0, 0.1) is 0 Å². The Kier molecular flexibility index (Phi) is 11.1. The van der Waals surface area contributed by atoms with E-state index in [1.165, 1.54) is 12.8 Å². The quantitative estimate of drug-likeness (QED) is 0.266. The fourth-order valence-electron chi connectivity index (χ4n) is 1.50. The molecule has 2 heteroatoms. The fourth-order valence-corrected chi connectivity index (χ4v) is 1.50. The number of ether oxygens (including phenoxy) is 2. The highest BCUT2D eigenvalue weighted by atomic mass is 16.5. The summed E-state index contributed by atoms with van der Waals surface area (Å²) in [5.74, 6) is 1.71. The van der Waals surface area contributed by atoms with Crippen LogP contribution in [0.5, 0.6) is 0 Å². The second kappa shape index (κ2) is 12.0. The Labute approximate surface area is 112 Å². The summed E-state index contributed by atoms with van der Waals surface area (Å²) in [6, 6.07) is 0. The Bertz CT molecular complexity index is 238. The van der Waals surface area contributed by atoms with Crippen molar-refractivity contribution in [2.75, 3.05) is 13.2 Å². The molecule has 102 valence electrons. The number of hydrogen-bond acceptors (Lipinski definition) is 2. The van der Waals surface area contributed by atoms with E-state index in [4.69, 9.17) is 9.47 Å². The number of rotatable bonds is 13. The molecule has 0 saturated heterocycles. The Morgan fingerprint density at radius 3 is 1.44 bits per heavy atom. The van der Waals surface area contributed by atoms with E-state index in [2.05, 4.69) is 26.3 Å². The first kappa shape index (κ1) is 16.6. The van der Waals surface area contributed by atoms with Gasteiger partial charge in [0, 0.05) is 12.8 Å². The van der Waals surface area contributed by atoms with E-state index in [9.17, 15) is 0 Å². The maximum atomic E-state index is 5.32. The molecular weight excluding hydrogens is 224 g/mol. The number of allylic oxidation sites excluding steroid dienone is 2. The Balaban J connectivity index is 3.29. The molecule has 0 atom stereocenters. The van der Waals surface area contributed by atoms with Crippen molar-refractivity contribution in [1.82, 2.24) is 0 Å². The highest BCUT2D eigenvalue weighted by molar-refractivity contribution is 4.85. The Morgan fingerprint density at radius 1 is 0.722 bits per heavy atom. The standard InChI is InChI=1S/C16H26O2/c1-5-13-17-15(3)11-9-7-8-10-12-16(4)18-14-6-2/h5-6H,1-4,7-14H2. The van der Waals surface area contributed by atoms with Gasteiger partial charge in [-0.3, -0.25) is 0 Å². The second-order valence-electron chi connectivity index (χ2n) is 4.19. The van der Waals surface area contributed by atoms with Crippen LogP contribution in [0.2, 0.25) is 0 Å². The van der Waals surface area contributed by atoms with Gasteiger partial charge in [-0.1, -0.05) is 51.3 Å². The van der Waals surface area contributed by atoms with Gasteiger partial charge in [0.05, 0.1) is 11.5 Å². The van der Waals surface area contributed by atoms with Crippen molar-refractivity contribution in [3.05, 3.63) is 50.0 Å². The third kappa shape index (κ3) is 11.1. The summed E-state index contributed by atoms with van der Waals surface area (Å²) in [5.41, 5.74) is 0. The van der Waals surface area contributed by atoms with Crippen molar-refractivity contribution in [3.63, 3.8) is 0 Å². The molecule has 0 radical (unpaired) electrons. The molecule has 0 aromatic rings. The molecule has 0 aliphatic rings. The molecular formula is C16H26O2. The van der Waals surface area contributed by atoms with E-state index in [1.807, 2.05) is 0 Å². The third-order valence-electron chi connectivity index (χ3n) is 2.47. The fraction of sp³-hybridized carbons (Fsp3) is 0.500. The predicted octanol–water partition coefficient (Wildman–Crippen LogP) is 4.76. The average molecular weight is 250 g/mol. The van der Waals surface area contributed by atoms with Gasteiger partial charge < -0.3 is 9.47 Å². The molecule has 0 saturated carbocycles. The molecule has 0 bridgehead atoms. The lowest BCUT2D eigenvalue weighted by Gasteiger charge is -2.08. The summed E-state index contributed by atoms with van der Waals surface area (Å²) < 4.78 is 10.6. The normalized spacial score (nSPS) is 9.56. The minimum absolute atomic E-state index is 0.555. The van der Waals surface area contributed by atoms with Crippen LogP contribution in [0.15, 0.2) is 50.0 Å². The zero-order valence-corrected chi connectivity index (χ0v) is 11.5. The first-order valence-corrected chi connectivity index (χ1v) is 6.53. The third-order valence-corrected chi connectivity index (χ3v) is 2.47. The van der Waals surface area contributed by atoms with E-state index in [0.717, 1.165) is 37.2 Å². The lowest BCUT2D eigenvalue weighted by Crippen LogP contribution is -1.92. The summed E-state index contributed by atoms with van der Waals surface area (Å²) in [7, 11) is 0. The molecule has 0 heterocycles. The molecule has 0 aliphatic carbocycles.